The van der Waals surface area contributed by atoms with Gasteiger partial charge in [-0.3, -0.25) is 4.79 Å². The number of sulfonamides is 1. The third-order valence-corrected chi connectivity index (χ3v) is 5.43. The minimum Gasteiger partial charge on any atom is -0.326 e. The normalized spacial score (nSPS) is 20.2. The van der Waals surface area contributed by atoms with E-state index in [0.717, 1.165) is 5.56 Å². The van der Waals surface area contributed by atoms with E-state index in [-0.39, 0.29) is 18.4 Å². The number of carbonyl (C=O) groups excluding carboxylic acids is 1. The maximum atomic E-state index is 12.3. The van der Waals surface area contributed by atoms with Crippen LogP contribution in [0.1, 0.15) is 18.4 Å². The van der Waals surface area contributed by atoms with E-state index in [2.05, 4.69) is 5.32 Å². The van der Waals surface area contributed by atoms with Crippen molar-refractivity contribution >= 4 is 33.2 Å². The molecule has 1 aromatic carbocycles. The third-order valence-electron chi connectivity index (χ3n) is 3.75. The van der Waals surface area contributed by atoms with E-state index < -0.39 is 10.0 Å². The molecular weight excluding hydrogens is 312 g/mol. The largest absolute Gasteiger partial charge is 0.326 e. The van der Waals surface area contributed by atoms with Crippen molar-refractivity contribution in [2.24, 2.45) is 5.92 Å². The summed E-state index contributed by atoms with van der Waals surface area (Å²) < 4.78 is 24.5. The van der Waals surface area contributed by atoms with Crippen LogP contribution in [0.3, 0.4) is 0 Å². The minimum absolute atomic E-state index is 0.159. The van der Waals surface area contributed by atoms with Gasteiger partial charge in [-0.2, -0.15) is 0 Å². The first-order chi connectivity index (χ1) is 9.79. The number of hydrogen-bond donors (Lipinski definition) is 1. The van der Waals surface area contributed by atoms with Gasteiger partial charge in [0.1, 0.15) is 0 Å². The summed E-state index contributed by atoms with van der Waals surface area (Å²) in [6, 6.07) is 5.32. The molecule has 2 rings (SSSR count). The molecule has 0 aliphatic carbocycles. The monoisotopic (exact) mass is 330 g/mol. The Kier molecular flexibility index (Phi) is 4.91. The van der Waals surface area contributed by atoms with Crippen LogP contribution in [0.25, 0.3) is 0 Å². The van der Waals surface area contributed by atoms with Gasteiger partial charge in [0, 0.05) is 23.8 Å². The first kappa shape index (κ1) is 16.3. The SMILES string of the molecule is Cc1c(Cl)cccc1NC(=O)[C@H]1CCCN(S(C)(=O)=O)C1. The molecule has 21 heavy (non-hydrogen) atoms. The van der Waals surface area contributed by atoms with Crippen LogP contribution in [-0.4, -0.2) is 38.0 Å². The van der Waals surface area contributed by atoms with Crippen molar-refractivity contribution in [3.8, 4) is 0 Å². The third kappa shape index (κ3) is 3.96. The molecule has 1 amide bonds. The number of benzene rings is 1. The van der Waals surface area contributed by atoms with Crippen LogP contribution in [0.15, 0.2) is 18.2 Å². The Morgan fingerprint density at radius 3 is 2.81 bits per heavy atom. The van der Waals surface area contributed by atoms with Crippen LogP contribution >= 0.6 is 11.6 Å². The molecular formula is C14H19ClN2O3S. The van der Waals surface area contributed by atoms with E-state index in [1.165, 1.54) is 10.6 Å². The molecule has 1 aliphatic heterocycles. The number of piperidine rings is 1. The molecule has 0 unspecified atom stereocenters. The molecule has 1 saturated heterocycles. The van der Waals surface area contributed by atoms with Crippen molar-refractivity contribution in [3.63, 3.8) is 0 Å². The molecule has 1 atom stereocenters. The summed E-state index contributed by atoms with van der Waals surface area (Å²) in [5, 5.41) is 3.44. The highest BCUT2D eigenvalue weighted by atomic mass is 35.5. The first-order valence-corrected chi connectivity index (χ1v) is 9.03. The molecule has 1 heterocycles. The summed E-state index contributed by atoms with van der Waals surface area (Å²) in [5.74, 6) is -0.486. The van der Waals surface area contributed by atoms with Gasteiger partial charge in [-0.05, 0) is 37.5 Å². The van der Waals surface area contributed by atoms with Gasteiger partial charge in [-0.1, -0.05) is 17.7 Å². The maximum Gasteiger partial charge on any atom is 0.228 e. The molecule has 116 valence electrons. The van der Waals surface area contributed by atoms with Crippen LogP contribution in [0.2, 0.25) is 5.02 Å². The topological polar surface area (TPSA) is 66.5 Å². The van der Waals surface area contributed by atoms with Crippen LogP contribution < -0.4 is 5.32 Å². The zero-order chi connectivity index (χ0) is 15.6. The summed E-state index contributed by atoms with van der Waals surface area (Å²) >= 11 is 6.03. The molecule has 5 nitrogen and oxygen atoms in total. The van der Waals surface area contributed by atoms with Crippen molar-refractivity contribution in [2.45, 2.75) is 19.8 Å². The van der Waals surface area contributed by atoms with E-state index in [1.807, 2.05) is 6.92 Å². The fourth-order valence-electron chi connectivity index (χ4n) is 2.44. The number of nitrogens with zero attached hydrogens (tertiary/aromatic N) is 1. The lowest BCUT2D eigenvalue weighted by atomic mass is 9.98. The van der Waals surface area contributed by atoms with Gasteiger partial charge in [0.15, 0.2) is 0 Å². The van der Waals surface area contributed by atoms with Gasteiger partial charge in [0.2, 0.25) is 15.9 Å². The Balaban J connectivity index is 2.08. The van der Waals surface area contributed by atoms with Gasteiger partial charge >= 0.3 is 0 Å². The number of nitrogens with one attached hydrogen (secondary N) is 1. The summed E-state index contributed by atoms with van der Waals surface area (Å²) in [7, 11) is -3.25. The van der Waals surface area contributed by atoms with Gasteiger partial charge < -0.3 is 5.32 Å². The molecule has 0 aromatic heterocycles. The summed E-state index contributed by atoms with van der Waals surface area (Å²) in [5.41, 5.74) is 1.48. The fourth-order valence-corrected chi connectivity index (χ4v) is 3.52. The number of rotatable bonds is 3. The van der Waals surface area contributed by atoms with Crippen molar-refractivity contribution in [2.75, 3.05) is 24.7 Å². The molecule has 0 radical (unpaired) electrons. The highest BCUT2D eigenvalue weighted by molar-refractivity contribution is 7.88. The highest BCUT2D eigenvalue weighted by Crippen LogP contribution is 2.25. The van der Waals surface area contributed by atoms with E-state index >= 15 is 0 Å². The van der Waals surface area contributed by atoms with E-state index in [1.54, 1.807) is 18.2 Å². The standard InChI is InChI=1S/C14H19ClN2O3S/c1-10-12(15)6-3-7-13(10)16-14(18)11-5-4-8-17(9-11)21(2,19)20/h3,6-7,11H,4-5,8-9H2,1-2H3,(H,16,18)/t11-/m0/s1. The smallest absolute Gasteiger partial charge is 0.228 e. The maximum absolute atomic E-state index is 12.3. The number of anilines is 1. The van der Waals surface area contributed by atoms with Crippen molar-refractivity contribution in [1.29, 1.82) is 0 Å². The van der Waals surface area contributed by atoms with Crippen molar-refractivity contribution in [1.82, 2.24) is 4.31 Å². The second-order valence-electron chi connectivity index (χ2n) is 5.36. The number of hydrogen-bond acceptors (Lipinski definition) is 3. The van der Waals surface area contributed by atoms with Crippen LogP contribution in [0.5, 0.6) is 0 Å². The Bertz CT molecular complexity index is 646. The molecule has 0 saturated carbocycles. The lowest BCUT2D eigenvalue weighted by molar-refractivity contribution is -0.120. The Hall–Kier alpha value is -1.11. The first-order valence-electron chi connectivity index (χ1n) is 6.80. The lowest BCUT2D eigenvalue weighted by Gasteiger charge is -2.30. The fraction of sp³-hybridized carbons (Fsp3) is 0.500. The van der Waals surface area contributed by atoms with Gasteiger partial charge in [0.25, 0.3) is 0 Å². The molecule has 1 N–H and O–H groups in total. The van der Waals surface area contributed by atoms with Gasteiger partial charge in [-0.15, -0.1) is 0 Å². The second kappa shape index (κ2) is 6.34. The van der Waals surface area contributed by atoms with Gasteiger partial charge in [0.05, 0.1) is 12.2 Å². The van der Waals surface area contributed by atoms with Crippen molar-refractivity contribution in [3.05, 3.63) is 28.8 Å². The van der Waals surface area contributed by atoms with Crippen molar-refractivity contribution < 1.29 is 13.2 Å². The molecule has 1 fully saturated rings. The number of halogens is 1. The van der Waals surface area contributed by atoms with Crippen LogP contribution in [0, 0.1) is 12.8 Å². The number of carbonyl (C=O) groups is 1. The molecule has 1 aliphatic rings. The Labute approximate surface area is 130 Å². The molecule has 0 bridgehead atoms. The van der Waals surface area contributed by atoms with Crippen LogP contribution in [-0.2, 0) is 14.8 Å². The van der Waals surface area contributed by atoms with E-state index in [0.29, 0.717) is 30.1 Å². The highest BCUT2D eigenvalue weighted by Gasteiger charge is 2.30. The minimum atomic E-state index is -3.25. The zero-order valence-electron chi connectivity index (χ0n) is 12.1. The molecule has 1 aromatic rings. The Morgan fingerprint density at radius 1 is 1.43 bits per heavy atom. The second-order valence-corrected chi connectivity index (χ2v) is 7.75. The average Bonchev–Trinajstić information content (AvgIpc) is 2.43. The predicted octanol–water partition coefficient (Wildman–Crippen LogP) is 2.26. The van der Waals surface area contributed by atoms with Gasteiger partial charge in [-0.25, -0.2) is 12.7 Å². The zero-order valence-corrected chi connectivity index (χ0v) is 13.7. The Morgan fingerprint density at radius 2 is 2.14 bits per heavy atom. The summed E-state index contributed by atoms with van der Waals surface area (Å²) in [6.45, 7) is 2.56. The molecule has 7 heteroatoms. The summed E-state index contributed by atoms with van der Waals surface area (Å²) in [4.78, 5) is 12.3. The summed E-state index contributed by atoms with van der Waals surface area (Å²) in [6.07, 6.45) is 2.56. The van der Waals surface area contributed by atoms with Crippen LogP contribution in [0.4, 0.5) is 5.69 Å². The van der Waals surface area contributed by atoms with E-state index in [4.69, 9.17) is 11.6 Å². The molecule has 0 spiro atoms. The average molecular weight is 331 g/mol. The lowest BCUT2D eigenvalue weighted by Crippen LogP contribution is -2.43. The van der Waals surface area contributed by atoms with E-state index in [9.17, 15) is 13.2 Å². The predicted molar refractivity (Wildman–Crippen MR) is 84.0 cm³/mol. The number of amides is 1. The quantitative estimate of drug-likeness (QED) is 0.924.